The first-order chi connectivity index (χ1) is 20.1. The highest BCUT2D eigenvalue weighted by Gasteiger charge is 2.24. The van der Waals surface area contributed by atoms with E-state index < -0.39 is 10.7 Å². The van der Waals surface area contributed by atoms with E-state index in [1.165, 1.54) is 4.88 Å². The Kier molecular flexibility index (Phi) is 7.89. The van der Waals surface area contributed by atoms with Crippen molar-refractivity contribution in [1.82, 2.24) is 29.5 Å². The highest BCUT2D eigenvalue weighted by Crippen LogP contribution is 2.37. The van der Waals surface area contributed by atoms with Gasteiger partial charge in [0, 0.05) is 74.4 Å². The van der Waals surface area contributed by atoms with E-state index in [0.717, 1.165) is 104 Å². The van der Waals surface area contributed by atoms with Crippen LogP contribution in [0.1, 0.15) is 30.4 Å². The van der Waals surface area contributed by atoms with Crippen molar-refractivity contribution in [3.63, 3.8) is 0 Å². The van der Waals surface area contributed by atoms with Crippen LogP contribution < -0.4 is 4.90 Å². The van der Waals surface area contributed by atoms with Crippen LogP contribution in [0.15, 0.2) is 30.5 Å². The summed E-state index contributed by atoms with van der Waals surface area (Å²) in [7, 11) is -2.38. The van der Waals surface area contributed by atoms with Gasteiger partial charge in [0.1, 0.15) is 6.23 Å². The number of fused-ring (bicyclic) bond motifs is 2. The van der Waals surface area contributed by atoms with Crippen molar-refractivity contribution in [2.24, 2.45) is 0 Å². The molecule has 41 heavy (non-hydrogen) atoms. The zero-order chi connectivity index (χ0) is 27.8. The second-order valence-corrected chi connectivity index (χ2v) is 13.0. The monoisotopic (exact) mass is 597 g/mol. The van der Waals surface area contributed by atoms with Crippen LogP contribution in [0.5, 0.6) is 0 Å². The maximum absolute atomic E-state index is 11.1. The molecule has 6 heterocycles. The zero-order valence-corrected chi connectivity index (χ0v) is 24.7. The van der Waals surface area contributed by atoms with Crippen LogP contribution >= 0.6 is 11.3 Å². The number of thiophene rings is 1. The van der Waals surface area contributed by atoms with Gasteiger partial charge in [-0.15, -0.1) is 11.3 Å². The third kappa shape index (κ3) is 5.84. The Labute approximate surface area is 244 Å². The number of rotatable bonds is 7. The lowest BCUT2D eigenvalue weighted by Gasteiger charge is -2.33. The highest BCUT2D eigenvalue weighted by molar-refractivity contribution is 7.72. The Bertz CT molecular complexity index is 1590. The van der Waals surface area contributed by atoms with Crippen LogP contribution in [-0.4, -0.2) is 103 Å². The van der Waals surface area contributed by atoms with Crippen LogP contribution in [0.25, 0.3) is 32.5 Å². The summed E-state index contributed by atoms with van der Waals surface area (Å²) in [5.74, 6) is 1.82. The van der Waals surface area contributed by atoms with Gasteiger partial charge < -0.3 is 14.4 Å². The molecule has 0 bridgehead atoms. The lowest BCUT2D eigenvalue weighted by molar-refractivity contribution is -0.0390. The van der Waals surface area contributed by atoms with E-state index in [2.05, 4.69) is 28.1 Å². The summed E-state index contributed by atoms with van der Waals surface area (Å²) in [4.78, 5) is 18.3. The molecule has 0 aliphatic carbocycles. The van der Waals surface area contributed by atoms with E-state index in [9.17, 15) is 8.42 Å². The number of hydrogen-bond acceptors (Lipinski definition) is 11. The Morgan fingerprint density at radius 2 is 1.78 bits per heavy atom. The van der Waals surface area contributed by atoms with Crippen molar-refractivity contribution >= 4 is 49.0 Å². The highest BCUT2D eigenvalue weighted by atomic mass is 32.2. The first-order valence-electron chi connectivity index (χ1n) is 14.4. The van der Waals surface area contributed by atoms with Crippen LogP contribution in [0.4, 0.5) is 5.82 Å². The van der Waals surface area contributed by atoms with Gasteiger partial charge >= 0.3 is 0 Å². The summed E-state index contributed by atoms with van der Waals surface area (Å²) < 4.78 is 37.0. The normalized spacial score (nSPS) is 21.4. The van der Waals surface area contributed by atoms with Gasteiger partial charge in [0.2, 0.25) is 0 Å². The maximum atomic E-state index is 11.1. The van der Waals surface area contributed by atoms with Crippen molar-refractivity contribution in [1.29, 1.82) is 0 Å². The van der Waals surface area contributed by atoms with Gasteiger partial charge in [0.05, 0.1) is 34.8 Å². The molecule has 1 unspecified atom stereocenters. The first kappa shape index (κ1) is 27.2. The van der Waals surface area contributed by atoms with Gasteiger partial charge in [0.15, 0.2) is 22.3 Å². The molecule has 3 aliphatic rings. The van der Waals surface area contributed by atoms with Crippen LogP contribution in [0, 0.1) is 0 Å². The molecule has 0 N–H and O–H groups in total. The molecule has 0 amide bonds. The molecule has 0 spiro atoms. The molecule has 3 fully saturated rings. The molecule has 0 radical (unpaired) electrons. The van der Waals surface area contributed by atoms with E-state index in [4.69, 9.17) is 24.5 Å². The Hall–Kier alpha value is -2.68. The van der Waals surface area contributed by atoms with Gasteiger partial charge in [-0.3, -0.25) is 9.80 Å². The molecule has 11 nitrogen and oxygen atoms in total. The van der Waals surface area contributed by atoms with E-state index in [-0.39, 0.29) is 12.1 Å². The van der Waals surface area contributed by atoms with E-state index in [1.54, 1.807) is 11.3 Å². The number of hydrogen-bond donors (Lipinski definition) is 1. The molecule has 4 aromatic rings. The van der Waals surface area contributed by atoms with Crippen LogP contribution in [0.3, 0.4) is 0 Å². The van der Waals surface area contributed by atoms with Crippen molar-refractivity contribution in [2.45, 2.75) is 32.0 Å². The smallest absolute Gasteiger partial charge is 0.162 e. The topological polar surface area (TPSA) is 106 Å². The zero-order valence-electron chi connectivity index (χ0n) is 23.0. The Balaban J connectivity index is 1.22. The Morgan fingerprint density at radius 1 is 0.951 bits per heavy atom. The van der Waals surface area contributed by atoms with Crippen LogP contribution in [0.2, 0.25) is 0 Å². The van der Waals surface area contributed by atoms with Gasteiger partial charge in [-0.2, -0.15) is 5.10 Å². The van der Waals surface area contributed by atoms with E-state index >= 15 is 0 Å². The number of morpholine rings is 1. The number of nitrogens with zero attached hydrogens (tertiary/aromatic N) is 7. The SMILES string of the molecule is O=[SH](=O)CN1CCN(Cc2cc3nc(-c4cccc5nn(C6CCCCO6)cc45)nc(N4CCOCC4)c3s2)CC1. The number of ether oxygens (including phenoxy) is 2. The molecule has 3 aliphatic heterocycles. The standard InChI is InChI=1S/C28H35N7O4S2/c36-41(37)19-33-9-7-32(8-10-33)17-20-16-24-26(40-20)28(34-11-14-38-15-12-34)30-27(29-24)21-4-3-5-23-22(21)18-35(31-23)25-6-1-2-13-39-25/h3-5,16,18,25,41H,1-2,6-15,17,19H2. The molecule has 7 rings (SSSR count). The minimum Gasteiger partial charge on any atom is -0.378 e. The largest absolute Gasteiger partial charge is 0.378 e. The summed E-state index contributed by atoms with van der Waals surface area (Å²) in [5, 5.41) is 5.89. The van der Waals surface area contributed by atoms with Crippen molar-refractivity contribution in [2.75, 3.05) is 69.9 Å². The number of piperazine rings is 1. The van der Waals surface area contributed by atoms with Gasteiger partial charge in [0.25, 0.3) is 0 Å². The second kappa shape index (κ2) is 11.9. The van der Waals surface area contributed by atoms with Gasteiger partial charge in [-0.25, -0.2) is 23.1 Å². The third-order valence-corrected chi connectivity index (χ3v) is 9.87. The number of thiol groups is 1. The number of benzene rings is 1. The number of anilines is 1. The second-order valence-electron chi connectivity index (χ2n) is 10.9. The minimum atomic E-state index is -2.38. The summed E-state index contributed by atoms with van der Waals surface area (Å²) in [6.07, 6.45) is 5.28. The van der Waals surface area contributed by atoms with Gasteiger partial charge in [-0.1, -0.05) is 12.1 Å². The maximum Gasteiger partial charge on any atom is 0.162 e. The summed E-state index contributed by atoms with van der Waals surface area (Å²) in [6, 6.07) is 8.36. The predicted molar refractivity (Wildman–Crippen MR) is 160 cm³/mol. The molecule has 218 valence electrons. The quantitative estimate of drug-likeness (QED) is 0.320. The molecule has 1 aromatic carbocycles. The van der Waals surface area contributed by atoms with Crippen molar-refractivity contribution in [3.8, 4) is 11.4 Å². The van der Waals surface area contributed by atoms with Crippen molar-refractivity contribution in [3.05, 3.63) is 35.3 Å². The molecule has 13 heteroatoms. The molecular formula is C28H35N7O4S2. The van der Waals surface area contributed by atoms with E-state index in [1.807, 2.05) is 21.7 Å². The Morgan fingerprint density at radius 3 is 2.56 bits per heavy atom. The number of aromatic nitrogens is 4. The fourth-order valence-electron chi connectivity index (χ4n) is 5.96. The van der Waals surface area contributed by atoms with E-state index in [0.29, 0.717) is 19.0 Å². The fraction of sp³-hybridized carbons (Fsp3) is 0.536. The van der Waals surface area contributed by atoms with Crippen LogP contribution in [-0.2, 0) is 26.7 Å². The average Bonchev–Trinajstić information content (AvgIpc) is 3.62. The molecular weight excluding hydrogens is 562 g/mol. The summed E-state index contributed by atoms with van der Waals surface area (Å²) in [6.45, 7) is 7.77. The lowest BCUT2D eigenvalue weighted by atomic mass is 10.1. The van der Waals surface area contributed by atoms with Gasteiger partial charge in [-0.05, 0) is 31.4 Å². The third-order valence-electron chi connectivity index (χ3n) is 8.13. The molecule has 3 saturated heterocycles. The first-order valence-corrected chi connectivity index (χ1v) is 16.6. The van der Waals surface area contributed by atoms with Crippen molar-refractivity contribution < 1.29 is 17.9 Å². The lowest BCUT2D eigenvalue weighted by Crippen LogP contribution is -2.46. The summed E-state index contributed by atoms with van der Waals surface area (Å²) in [5.41, 5.74) is 2.85. The minimum absolute atomic E-state index is 0.0272. The molecule has 0 saturated carbocycles. The fourth-order valence-corrected chi connectivity index (χ4v) is 7.73. The molecule has 3 aromatic heterocycles. The summed E-state index contributed by atoms with van der Waals surface area (Å²) >= 11 is 1.76. The predicted octanol–water partition coefficient (Wildman–Crippen LogP) is 2.93. The molecule has 1 atom stereocenters. The average molecular weight is 598 g/mol.